The molecule has 2 rings (SSSR count). The van der Waals surface area contributed by atoms with E-state index in [1.54, 1.807) is 5.32 Å². The third-order valence-corrected chi connectivity index (χ3v) is 6.15. The summed E-state index contributed by atoms with van der Waals surface area (Å²) in [6.45, 7) is -0.400. The molecule has 0 aromatic heterocycles. The standard InChI is InChI=1S/C22H16Cl4F6N2O2/c1-10(19(35)33-9-21(27,28)29)34-20(36)13-4-2-11(6-15(13)23)3-5-14(22(30,31)32)12-7-16(24)18(26)17(25)8-12/h2-8,10,14H,9H2,1H3,(H,33,35)(H,34,36)/b5-3+/t10-,14?/m1/s1. The van der Waals surface area contributed by atoms with Gasteiger partial charge >= 0.3 is 12.4 Å². The molecule has 2 aromatic carbocycles. The van der Waals surface area contributed by atoms with Crippen LogP contribution in [0, 0.1) is 0 Å². The average Bonchev–Trinajstić information content (AvgIpc) is 2.74. The Bertz CT molecular complexity index is 1150. The van der Waals surface area contributed by atoms with E-state index in [2.05, 4.69) is 5.32 Å². The van der Waals surface area contributed by atoms with E-state index >= 15 is 0 Å². The molecule has 0 saturated heterocycles. The molecule has 0 aliphatic heterocycles. The quantitative estimate of drug-likeness (QED) is 0.258. The van der Waals surface area contributed by atoms with Crippen LogP contribution in [0.5, 0.6) is 0 Å². The van der Waals surface area contributed by atoms with E-state index in [1.165, 1.54) is 25.1 Å². The van der Waals surface area contributed by atoms with Crippen molar-refractivity contribution < 1.29 is 35.9 Å². The van der Waals surface area contributed by atoms with Crippen molar-refractivity contribution in [2.24, 2.45) is 0 Å². The molecule has 0 radical (unpaired) electrons. The molecule has 1 unspecified atom stereocenters. The summed E-state index contributed by atoms with van der Waals surface area (Å²) in [6.07, 6.45) is -7.36. The summed E-state index contributed by atoms with van der Waals surface area (Å²) in [5.74, 6) is -4.04. The molecule has 0 fully saturated rings. The van der Waals surface area contributed by atoms with Crippen LogP contribution in [-0.4, -0.2) is 36.8 Å². The van der Waals surface area contributed by atoms with Crippen molar-refractivity contribution in [3.05, 3.63) is 73.2 Å². The Labute approximate surface area is 221 Å². The molecule has 14 heteroatoms. The van der Waals surface area contributed by atoms with Gasteiger partial charge < -0.3 is 10.6 Å². The van der Waals surface area contributed by atoms with Crippen molar-refractivity contribution in [3.63, 3.8) is 0 Å². The fourth-order valence-electron chi connectivity index (χ4n) is 2.87. The number of halogens is 10. The fraction of sp³-hybridized carbons (Fsp3) is 0.273. The predicted molar refractivity (Wildman–Crippen MR) is 127 cm³/mol. The molecule has 2 atom stereocenters. The van der Waals surface area contributed by atoms with Gasteiger partial charge in [0.2, 0.25) is 5.91 Å². The summed E-state index contributed by atoms with van der Waals surface area (Å²) in [5.41, 5.74) is -0.195. The first-order valence-electron chi connectivity index (χ1n) is 9.84. The normalized spacial score (nSPS) is 14.0. The largest absolute Gasteiger partial charge is 0.405 e. The maximum atomic E-state index is 13.7. The van der Waals surface area contributed by atoms with Crippen LogP contribution in [0.4, 0.5) is 26.3 Å². The van der Waals surface area contributed by atoms with Gasteiger partial charge in [0, 0.05) is 0 Å². The van der Waals surface area contributed by atoms with E-state index in [0.717, 1.165) is 24.3 Å². The zero-order valence-corrected chi connectivity index (χ0v) is 21.0. The molecule has 2 aromatic rings. The van der Waals surface area contributed by atoms with Gasteiger partial charge in [-0.1, -0.05) is 64.6 Å². The third-order valence-electron chi connectivity index (χ3n) is 4.64. The van der Waals surface area contributed by atoms with Crippen LogP contribution < -0.4 is 10.6 Å². The zero-order valence-electron chi connectivity index (χ0n) is 18.0. The second-order valence-corrected chi connectivity index (χ2v) is 9.04. The first-order valence-corrected chi connectivity index (χ1v) is 11.3. The number of allylic oxidation sites excluding steroid dienone is 1. The molecule has 196 valence electrons. The lowest BCUT2D eigenvalue weighted by molar-refractivity contribution is -0.139. The minimum absolute atomic E-state index is 0.0835. The molecule has 0 heterocycles. The molecule has 0 aliphatic carbocycles. The molecule has 0 bridgehead atoms. The Hall–Kier alpha value is -2.14. The highest BCUT2D eigenvalue weighted by molar-refractivity contribution is 6.48. The van der Waals surface area contributed by atoms with Crippen molar-refractivity contribution in [2.45, 2.75) is 31.2 Å². The summed E-state index contributed by atoms with van der Waals surface area (Å²) in [6, 6.07) is 4.46. The van der Waals surface area contributed by atoms with Crippen LogP contribution in [0.15, 0.2) is 36.4 Å². The minimum Gasteiger partial charge on any atom is -0.345 e. The molecule has 0 saturated carbocycles. The van der Waals surface area contributed by atoms with Crippen molar-refractivity contribution in [1.29, 1.82) is 0 Å². The van der Waals surface area contributed by atoms with Crippen LogP contribution >= 0.6 is 46.4 Å². The molecule has 2 N–H and O–H groups in total. The summed E-state index contributed by atoms with van der Waals surface area (Å²) in [5, 5.41) is 3.27. The van der Waals surface area contributed by atoms with E-state index in [-0.39, 0.29) is 36.8 Å². The number of alkyl halides is 6. The monoisotopic (exact) mass is 594 g/mol. The second-order valence-electron chi connectivity index (χ2n) is 7.44. The third kappa shape index (κ3) is 8.47. The number of nitrogens with one attached hydrogen (secondary N) is 2. The lowest BCUT2D eigenvalue weighted by atomic mass is 9.97. The molecular weight excluding hydrogens is 580 g/mol. The van der Waals surface area contributed by atoms with Gasteiger partial charge in [0.15, 0.2) is 0 Å². The number of carbonyl (C=O) groups excluding carboxylic acids is 2. The average molecular weight is 596 g/mol. The topological polar surface area (TPSA) is 58.2 Å². The van der Waals surface area contributed by atoms with Gasteiger partial charge in [0.1, 0.15) is 12.6 Å². The van der Waals surface area contributed by atoms with Gasteiger partial charge in [0.25, 0.3) is 5.91 Å². The lowest BCUT2D eigenvalue weighted by Gasteiger charge is -2.18. The number of rotatable bonds is 7. The number of amides is 2. The Balaban J connectivity index is 2.19. The van der Waals surface area contributed by atoms with E-state index in [0.29, 0.717) is 0 Å². The number of benzene rings is 2. The van der Waals surface area contributed by atoms with Crippen LogP contribution in [0.1, 0.15) is 34.3 Å². The summed E-state index contributed by atoms with van der Waals surface area (Å²) in [4.78, 5) is 24.1. The number of carbonyl (C=O) groups is 2. The van der Waals surface area contributed by atoms with Crippen LogP contribution in [0.2, 0.25) is 20.1 Å². The Morgan fingerprint density at radius 2 is 1.53 bits per heavy atom. The van der Waals surface area contributed by atoms with Crippen LogP contribution in [0.25, 0.3) is 6.08 Å². The maximum Gasteiger partial charge on any atom is 0.405 e. The highest BCUT2D eigenvalue weighted by atomic mass is 35.5. The highest BCUT2D eigenvalue weighted by Gasteiger charge is 2.39. The predicted octanol–water partition coefficient (Wildman–Crippen LogP) is 7.46. The van der Waals surface area contributed by atoms with Crippen LogP contribution in [0.3, 0.4) is 0 Å². The maximum absolute atomic E-state index is 13.7. The lowest BCUT2D eigenvalue weighted by Crippen LogP contribution is -2.47. The van der Waals surface area contributed by atoms with E-state index in [4.69, 9.17) is 46.4 Å². The van der Waals surface area contributed by atoms with Crippen molar-refractivity contribution in [3.8, 4) is 0 Å². The smallest absolute Gasteiger partial charge is 0.345 e. The summed E-state index contributed by atoms with van der Waals surface area (Å²) < 4.78 is 77.7. The Morgan fingerprint density at radius 3 is 2.03 bits per heavy atom. The highest BCUT2D eigenvalue weighted by Crippen LogP contribution is 2.41. The van der Waals surface area contributed by atoms with E-state index < -0.39 is 42.7 Å². The van der Waals surface area contributed by atoms with Gasteiger partial charge in [-0.2, -0.15) is 26.3 Å². The SMILES string of the molecule is C[C@@H](NC(=O)c1ccc(/C=C/C(c2cc(Cl)c(Cl)c(Cl)c2)C(F)(F)F)cc1Cl)C(=O)NCC(F)(F)F. The fourth-order valence-corrected chi connectivity index (χ4v) is 3.76. The first-order chi connectivity index (χ1) is 16.5. The molecule has 4 nitrogen and oxygen atoms in total. The minimum atomic E-state index is -4.70. The molecule has 36 heavy (non-hydrogen) atoms. The Kier molecular flexibility index (Phi) is 9.98. The van der Waals surface area contributed by atoms with Crippen molar-refractivity contribution in [2.75, 3.05) is 6.54 Å². The second kappa shape index (κ2) is 11.9. The molecule has 0 aliphatic rings. The summed E-state index contributed by atoms with van der Waals surface area (Å²) >= 11 is 23.6. The van der Waals surface area contributed by atoms with Crippen LogP contribution in [-0.2, 0) is 4.79 Å². The van der Waals surface area contributed by atoms with Gasteiger partial charge in [-0.3, -0.25) is 9.59 Å². The van der Waals surface area contributed by atoms with E-state index in [9.17, 15) is 35.9 Å². The molecular formula is C22H16Cl4F6N2O2. The number of hydrogen-bond acceptors (Lipinski definition) is 2. The Morgan fingerprint density at radius 1 is 0.944 bits per heavy atom. The zero-order chi connectivity index (χ0) is 27.4. The van der Waals surface area contributed by atoms with Crippen molar-refractivity contribution >= 4 is 64.3 Å². The van der Waals surface area contributed by atoms with Crippen molar-refractivity contribution in [1.82, 2.24) is 10.6 Å². The van der Waals surface area contributed by atoms with Gasteiger partial charge in [-0.15, -0.1) is 0 Å². The van der Waals surface area contributed by atoms with Gasteiger partial charge in [-0.25, -0.2) is 0 Å². The summed E-state index contributed by atoms with van der Waals surface area (Å²) in [7, 11) is 0. The van der Waals surface area contributed by atoms with E-state index in [1.807, 2.05) is 0 Å². The number of hydrogen-bond donors (Lipinski definition) is 2. The van der Waals surface area contributed by atoms with Gasteiger partial charge in [-0.05, 0) is 42.3 Å². The van der Waals surface area contributed by atoms with Gasteiger partial charge in [0.05, 0.1) is 31.6 Å². The first kappa shape index (κ1) is 30.1. The molecule has 2 amide bonds. The molecule has 0 spiro atoms.